The minimum Gasteiger partial charge on any atom is -0.469 e. The highest BCUT2D eigenvalue weighted by atomic mass is 16.5. The zero-order valence-corrected chi connectivity index (χ0v) is 10.7. The second-order valence-electron chi connectivity index (χ2n) is 4.69. The summed E-state index contributed by atoms with van der Waals surface area (Å²) in [6.07, 6.45) is 4.42. The molecule has 5 heteroatoms. The summed E-state index contributed by atoms with van der Waals surface area (Å²) in [5.41, 5.74) is 2.77. The molecule has 3 rings (SSSR count). The maximum Gasteiger partial charge on any atom is 0.310 e. The molecule has 1 unspecified atom stereocenters. The molecule has 5 nitrogen and oxygen atoms in total. The Bertz CT molecular complexity index is 614. The highest BCUT2D eigenvalue weighted by molar-refractivity contribution is 5.78. The second kappa shape index (κ2) is 4.84. The van der Waals surface area contributed by atoms with Gasteiger partial charge in [0.2, 0.25) is 0 Å². The summed E-state index contributed by atoms with van der Waals surface area (Å²) in [6, 6.07) is 5.83. The molecule has 2 aromatic rings. The van der Waals surface area contributed by atoms with Crippen molar-refractivity contribution < 1.29 is 9.53 Å². The van der Waals surface area contributed by atoms with E-state index < -0.39 is 0 Å². The van der Waals surface area contributed by atoms with E-state index in [0.29, 0.717) is 6.54 Å². The summed E-state index contributed by atoms with van der Waals surface area (Å²) in [6.45, 7) is 1.53. The van der Waals surface area contributed by atoms with Crippen molar-refractivity contribution in [3.8, 4) is 0 Å². The van der Waals surface area contributed by atoms with E-state index in [-0.39, 0.29) is 11.9 Å². The Morgan fingerprint density at radius 1 is 1.42 bits per heavy atom. The molecule has 0 radical (unpaired) electrons. The molecule has 1 fully saturated rings. The van der Waals surface area contributed by atoms with Crippen LogP contribution in [-0.2, 0) is 9.53 Å². The Morgan fingerprint density at radius 2 is 2.32 bits per heavy atom. The SMILES string of the molecule is COC(=O)C1CCN(c2cnc3cccnc3c2)C1. The predicted molar refractivity (Wildman–Crippen MR) is 71.9 cm³/mol. The van der Waals surface area contributed by atoms with Crippen molar-refractivity contribution in [3.63, 3.8) is 0 Å². The van der Waals surface area contributed by atoms with Crippen LogP contribution in [-0.4, -0.2) is 36.1 Å². The van der Waals surface area contributed by atoms with Crippen LogP contribution in [0.15, 0.2) is 30.6 Å². The number of hydrogen-bond donors (Lipinski definition) is 0. The third kappa shape index (κ3) is 2.23. The Kier molecular flexibility index (Phi) is 3.03. The lowest BCUT2D eigenvalue weighted by Crippen LogP contribution is -2.23. The van der Waals surface area contributed by atoms with Gasteiger partial charge in [-0.3, -0.25) is 14.8 Å². The number of rotatable bonds is 2. The molecule has 1 aliphatic heterocycles. The van der Waals surface area contributed by atoms with Gasteiger partial charge in [-0.2, -0.15) is 0 Å². The van der Waals surface area contributed by atoms with Crippen molar-refractivity contribution in [2.45, 2.75) is 6.42 Å². The first kappa shape index (κ1) is 11.9. The summed E-state index contributed by atoms with van der Waals surface area (Å²) in [5.74, 6) is -0.168. The molecule has 0 amide bonds. The average molecular weight is 257 g/mol. The highest BCUT2D eigenvalue weighted by Crippen LogP contribution is 2.25. The van der Waals surface area contributed by atoms with Crippen molar-refractivity contribution in [1.82, 2.24) is 9.97 Å². The quantitative estimate of drug-likeness (QED) is 0.765. The van der Waals surface area contributed by atoms with Crippen LogP contribution in [0.4, 0.5) is 5.69 Å². The fourth-order valence-corrected chi connectivity index (χ4v) is 2.47. The highest BCUT2D eigenvalue weighted by Gasteiger charge is 2.29. The van der Waals surface area contributed by atoms with Gasteiger partial charge >= 0.3 is 5.97 Å². The van der Waals surface area contributed by atoms with Gasteiger partial charge in [0.1, 0.15) is 0 Å². The number of carbonyl (C=O) groups is 1. The molecule has 2 aromatic heterocycles. The zero-order valence-electron chi connectivity index (χ0n) is 10.7. The topological polar surface area (TPSA) is 55.3 Å². The number of fused-ring (bicyclic) bond motifs is 1. The lowest BCUT2D eigenvalue weighted by atomic mass is 10.1. The first-order chi connectivity index (χ1) is 9.28. The first-order valence-corrected chi connectivity index (χ1v) is 6.31. The number of methoxy groups -OCH3 is 1. The monoisotopic (exact) mass is 257 g/mol. The molecule has 98 valence electrons. The van der Waals surface area contributed by atoms with Gasteiger partial charge in [0.25, 0.3) is 0 Å². The van der Waals surface area contributed by atoms with Crippen molar-refractivity contribution >= 4 is 22.7 Å². The van der Waals surface area contributed by atoms with E-state index in [9.17, 15) is 4.79 Å². The summed E-state index contributed by atoms with van der Waals surface area (Å²) in [7, 11) is 1.44. The molecule has 0 spiro atoms. The maximum absolute atomic E-state index is 11.5. The Balaban J connectivity index is 1.83. The van der Waals surface area contributed by atoms with Gasteiger partial charge in [0.15, 0.2) is 0 Å². The lowest BCUT2D eigenvalue weighted by Gasteiger charge is -2.18. The summed E-state index contributed by atoms with van der Waals surface area (Å²) in [5, 5.41) is 0. The van der Waals surface area contributed by atoms with Gasteiger partial charge < -0.3 is 9.64 Å². The van der Waals surface area contributed by atoms with Gasteiger partial charge in [-0.1, -0.05) is 0 Å². The van der Waals surface area contributed by atoms with Crippen molar-refractivity contribution in [2.75, 3.05) is 25.1 Å². The van der Waals surface area contributed by atoms with Crippen LogP contribution in [0.1, 0.15) is 6.42 Å². The number of aromatic nitrogens is 2. The van der Waals surface area contributed by atoms with Crippen LogP contribution in [0.25, 0.3) is 11.0 Å². The van der Waals surface area contributed by atoms with Crippen molar-refractivity contribution in [3.05, 3.63) is 30.6 Å². The molecule has 0 N–H and O–H groups in total. The first-order valence-electron chi connectivity index (χ1n) is 6.31. The molecule has 0 aliphatic carbocycles. The molecule has 1 aliphatic rings. The van der Waals surface area contributed by atoms with E-state index in [1.165, 1.54) is 7.11 Å². The van der Waals surface area contributed by atoms with Crippen LogP contribution < -0.4 is 4.90 Å². The van der Waals surface area contributed by atoms with E-state index in [1.54, 1.807) is 6.20 Å². The molecule has 0 bridgehead atoms. The van der Waals surface area contributed by atoms with Crippen molar-refractivity contribution in [1.29, 1.82) is 0 Å². The third-order valence-corrected chi connectivity index (χ3v) is 3.52. The smallest absolute Gasteiger partial charge is 0.310 e. The fraction of sp³-hybridized carbons (Fsp3) is 0.357. The number of nitrogens with zero attached hydrogens (tertiary/aromatic N) is 3. The van der Waals surface area contributed by atoms with Crippen LogP contribution in [0.5, 0.6) is 0 Å². The second-order valence-corrected chi connectivity index (χ2v) is 4.69. The lowest BCUT2D eigenvalue weighted by molar-refractivity contribution is -0.144. The van der Waals surface area contributed by atoms with Crippen LogP contribution >= 0.6 is 0 Å². The van der Waals surface area contributed by atoms with E-state index in [2.05, 4.69) is 14.9 Å². The predicted octanol–water partition coefficient (Wildman–Crippen LogP) is 1.63. The van der Waals surface area contributed by atoms with Crippen LogP contribution in [0.2, 0.25) is 0 Å². The molecule has 1 atom stereocenters. The van der Waals surface area contributed by atoms with Crippen molar-refractivity contribution in [2.24, 2.45) is 5.92 Å². The van der Waals surface area contributed by atoms with Gasteiger partial charge in [0.05, 0.1) is 35.9 Å². The average Bonchev–Trinajstić information content (AvgIpc) is 2.95. The maximum atomic E-state index is 11.5. The fourth-order valence-electron chi connectivity index (χ4n) is 2.47. The van der Waals surface area contributed by atoms with Crippen LogP contribution in [0, 0.1) is 5.92 Å². The molecule has 0 aromatic carbocycles. The molecular formula is C14H15N3O2. The minimum atomic E-state index is -0.130. The molecule has 3 heterocycles. The van der Waals surface area contributed by atoms with Gasteiger partial charge in [0, 0.05) is 19.3 Å². The van der Waals surface area contributed by atoms with E-state index >= 15 is 0 Å². The number of anilines is 1. The third-order valence-electron chi connectivity index (χ3n) is 3.52. The molecular weight excluding hydrogens is 242 g/mol. The number of hydrogen-bond acceptors (Lipinski definition) is 5. The molecule has 1 saturated heterocycles. The number of esters is 1. The summed E-state index contributed by atoms with van der Waals surface area (Å²) >= 11 is 0. The minimum absolute atomic E-state index is 0.0376. The zero-order chi connectivity index (χ0) is 13.2. The normalized spacial score (nSPS) is 18.8. The van der Waals surface area contributed by atoms with E-state index in [4.69, 9.17) is 4.74 Å². The van der Waals surface area contributed by atoms with Crippen LogP contribution in [0.3, 0.4) is 0 Å². The number of ether oxygens (including phenoxy) is 1. The van der Waals surface area contributed by atoms with E-state index in [1.807, 2.05) is 24.4 Å². The summed E-state index contributed by atoms with van der Waals surface area (Å²) in [4.78, 5) is 22.4. The Hall–Kier alpha value is -2.17. The van der Waals surface area contributed by atoms with Gasteiger partial charge in [-0.15, -0.1) is 0 Å². The Labute approximate surface area is 111 Å². The van der Waals surface area contributed by atoms with Gasteiger partial charge in [-0.05, 0) is 24.6 Å². The number of carbonyl (C=O) groups excluding carboxylic acids is 1. The van der Waals surface area contributed by atoms with Gasteiger partial charge in [-0.25, -0.2) is 0 Å². The largest absolute Gasteiger partial charge is 0.469 e. The Morgan fingerprint density at radius 3 is 3.16 bits per heavy atom. The number of pyridine rings is 2. The van der Waals surface area contributed by atoms with E-state index in [0.717, 1.165) is 29.7 Å². The molecule has 0 saturated carbocycles. The molecule has 19 heavy (non-hydrogen) atoms. The summed E-state index contributed by atoms with van der Waals surface area (Å²) < 4.78 is 4.79. The standard InChI is InChI=1S/C14H15N3O2/c1-19-14(18)10-4-6-17(9-10)11-7-13-12(16-8-11)3-2-5-15-13/h2-3,5,7-8,10H,4,6,9H2,1H3.